The Morgan fingerprint density at radius 3 is 1.20 bits per heavy atom. The summed E-state index contributed by atoms with van der Waals surface area (Å²) < 4.78 is 0. The van der Waals surface area contributed by atoms with E-state index in [1.54, 1.807) is 0 Å². The molecule has 0 aromatic heterocycles. The monoisotopic (exact) mass is 303 g/mol. The molecule has 1 N–H and O–H groups in total. The van der Waals surface area contributed by atoms with Gasteiger partial charge in [0.05, 0.1) is 0 Å². The molecule has 64 valence electrons. The fourth-order valence-corrected chi connectivity index (χ4v) is 0.250. The van der Waals surface area contributed by atoms with Crippen molar-refractivity contribution in [2.24, 2.45) is 0 Å². The maximum atomic E-state index is 5.04. The Morgan fingerprint density at radius 1 is 1.00 bits per heavy atom. The number of halogens is 4. The van der Waals surface area contributed by atoms with E-state index in [0.717, 1.165) is 13.1 Å². The molecule has 0 fully saturated rings. The van der Waals surface area contributed by atoms with E-state index in [0.29, 0.717) is 0 Å². The van der Waals surface area contributed by atoms with Crippen LogP contribution in [-0.4, -0.2) is 13.1 Å². The van der Waals surface area contributed by atoms with Crippen LogP contribution in [0.1, 0.15) is 13.8 Å². The molecule has 0 aliphatic carbocycles. The third kappa shape index (κ3) is 50.6. The van der Waals surface area contributed by atoms with Gasteiger partial charge in [-0.3, -0.25) is 0 Å². The van der Waals surface area contributed by atoms with Crippen molar-refractivity contribution in [3.05, 3.63) is 0 Å². The molecule has 0 spiro atoms. The molecule has 0 unspecified atom stereocenters. The van der Waals surface area contributed by atoms with E-state index in [2.05, 4.69) is 19.2 Å². The molecule has 6 heteroatoms. The Hall–Kier alpha value is 2.00. The molecule has 0 radical (unpaired) electrons. The van der Waals surface area contributed by atoms with Crippen LogP contribution in [0.15, 0.2) is 0 Å². The average Bonchev–Trinajstić information content (AvgIpc) is 1.63. The Labute approximate surface area is 81.0 Å². The van der Waals surface area contributed by atoms with Crippen molar-refractivity contribution in [3.8, 4) is 0 Å². The van der Waals surface area contributed by atoms with Crippen LogP contribution in [0.2, 0.25) is 0 Å². The third-order valence-corrected chi connectivity index (χ3v) is 0.500. The van der Waals surface area contributed by atoms with Crippen molar-refractivity contribution in [2.45, 2.75) is 13.8 Å². The van der Waals surface area contributed by atoms with Crippen LogP contribution in [-0.2, 0) is 15.5 Å². The first-order valence-electron chi connectivity index (χ1n) is 2.88. The summed E-state index contributed by atoms with van der Waals surface area (Å²) in [7, 11) is 20.1. The Morgan fingerprint density at radius 2 is 1.20 bits per heavy atom. The zero-order valence-corrected chi connectivity index (χ0v) is 11.4. The average molecular weight is 306 g/mol. The standard InChI is InChI=1S/C4H11N.4ClH.Zr/c1-3-5-4-2;;;;;/h5H,3-4H2,1-2H3;4*1H;/q;;;;;+4/p-4. The van der Waals surface area contributed by atoms with E-state index in [9.17, 15) is 0 Å². The molecule has 0 bridgehead atoms. The first kappa shape index (κ1) is 14.5. The predicted molar refractivity (Wildman–Crippen MR) is 47.6 cm³/mol. The zero-order chi connectivity index (χ0) is 8.62. The van der Waals surface area contributed by atoms with Crippen molar-refractivity contribution in [1.82, 2.24) is 5.32 Å². The van der Waals surface area contributed by atoms with Crippen LogP contribution >= 0.6 is 34.1 Å². The molecule has 0 amide bonds. The van der Waals surface area contributed by atoms with E-state index < -0.39 is 15.5 Å². The normalized spacial score (nSPS) is 10.2. The molecule has 0 rings (SSSR count). The second-order valence-corrected chi connectivity index (χ2v) is 23.8. The minimum absolute atomic E-state index is 1.09. The molecular weight excluding hydrogens is 295 g/mol. The van der Waals surface area contributed by atoms with Crippen LogP contribution in [0.5, 0.6) is 0 Å². The third-order valence-electron chi connectivity index (χ3n) is 0.500. The summed E-state index contributed by atoms with van der Waals surface area (Å²) >= 11 is -3.29. The van der Waals surface area contributed by atoms with Crippen molar-refractivity contribution in [2.75, 3.05) is 13.1 Å². The summed E-state index contributed by atoms with van der Waals surface area (Å²) in [6, 6.07) is 0. The van der Waals surface area contributed by atoms with Gasteiger partial charge >= 0.3 is 49.5 Å². The molecule has 10 heavy (non-hydrogen) atoms. The quantitative estimate of drug-likeness (QED) is 0.825. The summed E-state index contributed by atoms with van der Waals surface area (Å²) in [6.45, 7) is 6.39. The Balaban J connectivity index is 0. The van der Waals surface area contributed by atoms with Crippen molar-refractivity contribution in [1.29, 1.82) is 0 Å². The molecule has 0 aromatic carbocycles. The van der Waals surface area contributed by atoms with Gasteiger partial charge in [-0.1, -0.05) is 13.8 Å². The maximum absolute atomic E-state index is 5.04. The van der Waals surface area contributed by atoms with Gasteiger partial charge in [0.25, 0.3) is 0 Å². The molecular formula is C4H11Cl4NZr. The first-order valence-corrected chi connectivity index (χ1v) is 15.5. The van der Waals surface area contributed by atoms with Gasteiger partial charge in [-0.25, -0.2) is 0 Å². The fourth-order valence-electron chi connectivity index (χ4n) is 0.250. The summed E-state index contributed by atoms with van der Waals surface area (Å²) in [5, 5.41) is 3.11. The van der Waals surface area contributed by atoms with E-state index >= 15 is 0 Å². The van der Waals surface area contributed by atoms with E-state index in [1.165, 1.54) is 0 Å². The first-order chi connectivity index (χ1) is 4.41. The van der Waals surface area contributed by atoms with Crippen LogP contribution in [0.3, 0.4) is 0 Å². The second kappa shape index (κ2) is 9.09. The van der Waals surface area contributed by atoms with Gasteiger partial charge in [0.1, 0.15) is 0 Å². The van der Waals surface area contributed by atoms with E-state index in [4.69, 9.17) is 34.1 Å². The predicted octanol–water partition coefficient (Wildman–Crippen LogP) is 3.37. The zero-order valence-electron chi connectivity index (χ0n) is 5.93. The SMILES string of the molecule is CCNCC.[Cl][Zr]([Cl])([Cl])[Cl]. The van der Waals surface area contributed by atoms with Gasteiger partial charge in [0, 0.05) is 0 Å². The second-order valence-electron chi connectivity index (χ2n) is 1.39. The number of rotatable bonds is 2. The van der Waals surface area contributed by atoms with Gasteiger partial charge in [-0.2, -0.15) is 0 Å². The number of hydrogen-bond acceptors (Lipinski definition) is 1. The molecule has 0 saturated carbocycles. The molecule has 0 atom stereocenters. The van der Waals surface area contributed by atoms with Gasteiger partial charge in [0.2, 0.25) is 0 Å². The van der Waals surface area contributed by atoms with E-state index in [-0.39, 0.29) is 0 Å². The number of nitrogens with one attached hydrogen (secondary N) is 1. The van der Waals surface area contributed by atoms with Gasteiger partial charge in [-0.15, -0.1) is 0 Å². The summed E-state index contributed by atoms with van der Waals surface area (Å²) in [5.41, 5.74) is 0. The van der Waals surface area contributed by atoms with Crippen molar-refractivity contribution < 1.29 is 15.5 Å². The van der Waals surface area contributed by atoms with Crippen molar-refractivity contribution in [3.63, 3.8) is 0 Å². The Kier molecular flexibility index (Phi) is 13.2. The van der Waals surface area contributed by atoms with Crippen LogP contribution in [0, 0.1) is 0 Å². The van der Waals surface area contributed by atoms with Gasteiger partial charge in [0.15, 0.2) is 0 Å². The Bertz CT molecular complexity index is 56.8. The summed E-state index contributed by atoms with van der Waals surface area (Å²) in [4.78, 5) is 0. The van der Waals surface area contributed by atoms with Gasteiger partial charge in [-0.05, 0) is 13.1 Å². The van der Waals surface area contributed by atoms with Crippen LogP contribution in [0.4, 0.5) is 0 Å². The molecule has 0 aliphatic rings. The van der Waals surface area contributed by atoms with Crippen LogP contribution < -0.4 is 5.32 Å². The molecule has 0 aromatic rings. The van der Waals surface area contributed by atoms with E-state index in [1.807, 2.05) is 0 Å². The molecule has 1 nitrogen and oxygen atoms in total. The van der Waals surface area contributed by atoms with Crippen molar-refractivity contribution >= 4 is 34.1 Å². The summed E-state index contributed by atoms with van der Waals surface area (Å²) in [5.74, 6) is 0. The molecule has 0 aliphatic heterocycles. The topological polar surface area (TPSA) is 12.0 Å². The molecule has 0 saturated heterocycles. The summed E-state index contributed by atoms with van der Waals surface area (Å²) in [6.07, 6.45) is 0. The fraction of sp³-hybridized carbons (Fsp3) is 1.00. The van der Waals surface area contributed by atoms with Crippen LogP contribution in [0.25, 0.3) is 0 Å². The van der Waals surface area contributed by atoms with Gasteiger partial charge < -0.3 is 5.32 Å². The number of hydrogen-bond donors (Lipinski definition) is 1. The molecule has 0 heterocycles. The minimum atomic E-state index is -3.29.